The summed E-state index contributed by atoms with van der Waals surface area (Å²) in [4.78, 5) is 0. The Hall–Kier alpha value is 2.53. The average molecular weight is 159 g/mol. The Morgan fingerprint density at radius 1 is 1.25 bits per heavy atom. The molecule has 0 atom stereocenters. The molecule has 25 valence electrons. The van der Waals surface area contributed by atoms with Crippen LogP contribution in [0.2, 0.25) is 0 Å². The van der Waals surface area contributed by atoms with Gasteiger partial charge in [-0.2, -0.15) is 0 Å². The average Bonchev–Trinajstić information content (AvgIpc) is 0. The minimum Gasteiger partial charge on any atom is -1.00 e. The van der Waals surface area contributed by atoms with Crippen LogP contribution in [0, 0.1) is 0 Å². The van der Waals surface area contributed by atoms with E-state index in [1.165, 1.54) is 0 Å². The van der Waals surface area contributed by atoms with Crippen LogP contribution in [-0.4, -0.2) is 66.1 Å². The molecule has 0 unspecified atom stereocenters. The molecule has 0 saturated carbocycles. The molecule has 0 saturated heterocycles. The molecule has 0 heterocycles. The topological polar surface area (TPSA) is 0 Å². The SMILES string of the molecule is [AlH3].[Ca+2].[Fe].[H-].[H-].[SiH3]. The van der Waals surface area contributed by atoms with E-state index >= 15 is 0 Å². The maximum absolute atomic E-state index is 0. The van der Waals surface area contributed by atoms with Crippen LogP contribution >= 0.6 is 0 Å². The van der Waals surface area contributed by atoms with Crippen molar-refractivity contribution >= 4 is 66.1 Å². The maximum atomic E-state index is 0. The Morgan fingerprint density at radius 2 is 1.25 bits per heavy atom. The zero-order valence-corrected chi connectivity index (χ0v) is 7.37. The molecule has 0 fully saturated rings. The Kier molecular flexibility index (Phi) is 138. The van der Waals surface area contributed by atoms with E-state index in [0.717, 1.165) is 0 Å². The molecular formula is H8AlCaFeSi. The van der Waals surface area contributed by atoms with E-state index < -0.39 is 0 Å². The Labute approximate surface area is 84.7 Å². The van der Waals surface area contributed by atoms with Gasteiger partial charge in [-0.3, -0.25) is 0 Å². The molecule has 0 nitrogen and oxygen atoms in total. The quantitative estimate of drug-likeness (QED) is 0.342. The number of hydrogen-bond donors (Lipinski definition) is 0. The minimum atomic E-state index is 0. The van der Waals surface area contributed by atoms with Crippen molar-refractivity contribution in [3.63, 3.8) is 0 Å². The third-order valence-corrected chi connectivity index (χ3v) is 0. The van der Waals surface area contributed by atoms with Gasteiger partial charge in [0.2, 0.25) is 0 Å². The predicted molar refractivity (Wildman–Crippen MR) is 27.9 cm³/mol. The smallest absolute Gasteiger partial charge is 1.00 e. The molecule has 0 spiro atoms. The van der Waals surface area contributed by atoms with Crippen LogP contribution in [-0.2, 0) is 17.1 Å². The molecule has 0 aliphatic rings. The summed E-state index contributed by atoms with van der Waals surface area (Å²) in [5.41, 5.74) is 0. The van der Waals surface area contributed by atoms with E-state index in [4.69, 9.17) is 0 Å². The Morgan fingerprint density at radius 3 is 1.25 bits per heavy atom. The summed E-state index contributed by atoms with van der Waals surface area (Å²) in [6.45, 7) is 0. The van der Waals surface area contributed by atoms with Gasteiger partial charge in [0.25, 0.3) is 0 Å². The molecule has 0 aromatic rings. The fraction of sp³-hybridized carbons (Fsp3) is 0. The molecule has 0 rings (SSSR count). The second-order valence-corrected chi connectivity index (χ2v) is 0. The van der Waals surface area contributed by atoms with E-state index in [9.17, 15) is 0 Å². The fourth-order valence-corrected chi connectivity index (χ4v) is 0. The van der Waals surface area contributed by atoms with Gasteiger partial charge in [0.05, 0.1) is 0 Å². The van der Waals surface area contributed by atoms with Crippen molar-refractivity contribution in [1.82, 2.24) is 0 Å². The molecule has 1 radical (unpaired) electrons. The zero-order chi connectivity index (χ0) is 0. The van der Waals surface area contributed by atoms with Crippen LogP contribution in [0.25, 0.3) is 0 Å². The second kappa shape index (κ2) is 17.7. The Bertz CT molecular complexity index is 13.5. The van der Waals surface area contributed by atoms with Crippen molar-refractivity contribution in [2.45, 2.75) is 0 Å². The summed E-state index contributed by atoms with van der Waals surface area (Å²) in [7, 11) is 0. The van der Waals surface area contributed by atoms with E-state index in [1.54, 1.807) is 0 Å². The summed E-state index contributed by atoms with van der Waals surface area (Å²) in [6, 6.07) is 0. The largest absolute Gasteiger partial charge is 2.00 e. The van der Waals surface area contributed by atoms with Gasteiger partial charge in [-0.15, -0.1) is 0 Å². The molecule has 4 heavy (non-hydrogen) atoms. The first-order chi connectivity index (χ1) is 0. The first-order valence-corrected chi connectivity index (χ1v) is 0. The summed E-state index contributed by atoms with van der Waals surface area (Å²) in [5, 5.41) is 0. The van der Waals surface area contributed by atoms with Crippen LogP contribution in [0.5, 0.6) is 0 Å². The second-order valence-electron chi connectivity index (χ2n) is 0. The summed E-state index contributed by atoms with van der Waals surface area (Å²) in [6.07, 6.45) is 0. The van der Waals surface area contributed by atoms with Gasteiger partial charge in [0.1, 0.15) is 0 Å². The molecule has 4 heteroatoms. The summed E-state index contributed by atoms with van der Waals surface area (Å²) < 4.78 is 0. The number of hydrogen-bond acceptors (Lipinski definition) is 0. The first-order valence-electron chi connectivity index (χ1n) is 0. The van der Waals surface area contributed by atoms with Crippen molar-refractivity contribution in [1.29, 1.82) is 0 Å². The Balaban J connectivity index is 0. The molecule has 0 aliphatic carbocycles. The monoisotopic (exact) mass is 159 g/mol. The van der Waals surface area contributed by atoms with Gasteiger partial charge >= 0.3 is 37.7 Å². The molecule has 0 bridgehead atoms. The molecule has 0 amide bonds. The van der Waals surface area contributed by atoms with Crippen LogP contribution < -0.4 is 0 Å². The van der Waals surface area contributed by atoms with Crippen molar-refractivity contribution in [3.05, 3.63) is 0 Å². The standard InChI is InChI=1S/Al.Ca.Fe.H3Si.5H/h;;;1H3;;;;;/q;+2;;;;;;2*-1. The molecule has 0 N–H and O–H groups in total. The third kappa shape index (κ3) is 8.82. The van der Waals surface area contributed by atoms with Crippen LogP contribution in [0.1, 0.15) is 2.85 Å². The fourth-order valence-electron chi connectivity index (χ4n) is 0. The minimum absolute atomic E-state index is 0. The normalized spacial score (nSPS) is 0. The van der Waals surface area contributed by atoms with Crippen LogP contribution in [0.4, 0.5) is 0 Å². The van der Waals surface area contributed by atoms with Gasteiger partial charge < -0.3 is 2.85 Å². The molecule has 0 aromatic carbocycles. The van der Waals surface area contributed by atoms with E-state index in [-0.39, 0.29) is 86.0 Å². The summed E-state index contributed by atoms with van der Waals surface area (Å²) in [5.74, 6) is 0. The zero-order valence-electron chi connectivity index (χ0n) is 4.06. The molecule has 0 aromatic heterocycles. The number of rotatable bonds is 0. The van der Waals surface area contributed by atoms with E-state index in [1.807, 2.05) is 0 Å². The summed E-state index contributed by atoms with van der Waals surface area (Å²) >= 11 is 0. The van der Waals surface area contributed by atoms with Crippen molar-refractivity contribution < 1.29 is 19.9 Å². The molecule has 0 aliphatic heterocycles. The van der Waals surface area contributed by atoms with Crippen LogP contribution in [0.15, 0.2) is 0 Å². The van der Waals surface area contributed by atoms with E-state index in [2.05, 4.69) is 0 Å². The van der Waals surface area contributed by atoms with Crippen LogP contribution in [0.3, 0.4) is 0 Å². The molecular weight excluding hydrogens is 151 g/mol. The van der Waals surface area contributed by atoms with Gasteiger partial charge in [0, 0.05) is 17.1 Å². The third-order valence-electron chi connectivity index (χ3n) is 0. The van der Waals surface area contributed by atoms with E-state index in [0.29, 0.717) is 0 Å². The van der Waals surface area contributed by atoms with Crippen molar-refractivity contribution in [3.8, 4) is 0 Å². The van der Waals surface area contributed by atoms with Crippen molar-refractivity contribution in [2.24, 2.45) is 0 Å². The van der Waals surface area contributed by atoms with Gasteiger partial charge in [-0.05, 0) is 11.0 Å². The first kappa shape index (κ1) is 31.2. The van der Waals surface area contributed by atoms with Gasteiger partial charge in [-0.25, -0.2) is 0 Å². The van der Waals surface area contributed by atoms with Crippen molar-refractivity contribution in [2.75, 3.05) is 0 Å². The van der Waals surface area contributed by atoms with Gasteiger partial charge in [-0.1, -0.05) is 0 Å². The maximum Gasteiger partial charge on any atom is 2.00 e. The predicted octanol–water partition coefficient (Wildman–Crippen LogP) is -2.53. The van der Waals surface area contributed by atoms with Gasteiger partial charge in [0.15, 0.2) is 17.4 Å².